The molecule has 0 saturated carbocycles. The Kier molecular flexibility index (Phi) is 3.59. The van der Waals surface area contributed by atoms with Crippen molar-refractivity contribution in [1.82, 2.24) is 0 Å². The third-order valence-electron chi connectivity index (χ3n) is 2.55. The Hall–Kier alpha value is -1.49. The predicted octanol–water partition coefficient (Wildman–Crippen LogP) is 1.56. The molecule has 0 heterocycles. The van der Waals surface area contributed by atoms with E-state index in [0.29, 0.717) is 5.56 Å². The second-order valence-electron chi connectivity index (χ2n) is 4.00. The average Bonchev–Trinajstić information content (AvgIpc) is 2.23. The van der Waals surface area contributed by atoms with E-state index in [9.17, 15) is 13.6 Å². The summed E-state index contributed by atoms with van der Waals surface area (Å²) in [5.41, 5.74) is 4.62. The molecule has 16 heavy (non-hydrogen) atoms. The summed E-state index contributed by atoms with van der Waals surface area (Å²) < 4.78 is 25.6. The van der Waals surface area contributed by atoms with Crippen molar-refractivity contribution in [2.24, 2.45) is 11.1 Å². The van der Waals surface area contributed by atoms with Crippen molar-refractivity contribution in [1.29, 1.82) is 0 Å². The second kappa shape index (κ2) is 4.57. The molecule has 5 heteroatoms. The van der Waals surface area contributed by atoms with Crippen molar-refractivity contribution in [3.05, 3.63) is 35.4 Å². The standard InChI is InChI=1S/C11H13F2NO2/c1-11(6-14,10(15)16)5-7-2-3-8(12)9(13)4-7/h2-4H,5-6,14H2,1H3,(H,15,16). The maximum absolute atomic E-state index is 12.9. The van der Waals surface area contributed by atoms with E-state index in [1.54, 1.807) is 0 Å². The third-order valence-corrected chi connectivity index (χ3v) is 2.55. The first-order valence-corrected chi connectivity index (χ1v) is 4.76. The van der Waals surface area contributed by atoms with Gasteiger partial charge in [0.25, 0.3) is 0 Å². The number of aliphatic carboxylic acids is 1. The Morgan fingerprint density at radius 1 is 1.44 bits per heavy atom. The largest absolute Gasteiger partial charge is 0.481 e. The van der Waals surface area contributed by atoms with Crippen LogP contribution in [-0.4, -0.2) is 17.6 Å². The molecular formula is C11H13F2NO2. The summed E-state index contributed by atoms with van der Waals surface area (Å²) >= 11 is 0. The fourth-order valence-electron chi connectivity index (χ4n) is 1.34. The van der Waals surface area contributed by atoms with Crippen molar-refractivity contribution in [3.63, 3.8) is 0 Å². The minimum atomic E-state index is -1.16. The average molecular weight is 229 g/mol. The van der Waals surface area contributed by atoms with E-state index in [4.69, 9.17) is 10.8 Å². The van der Waals surface area contributed by atoms with Crippen LogP contribution < -0.4 is 5.73 Å². The zero-order chi connectivity index (χ0) is 12.3. The highest BCUT2D eigenvalue weighted by atomic mass is 19.2. The van der Waals surface area contributed by atoms with Crippen LogP contribution in [0.1, 0.15) is 12.5 Å². The first-order chi connectivity index (χ1) is 7.39. The molecule has 0 amide bonds. The van der Waals surface area contributed by atoms with Crippen LogP contribution in [0.2, 0.25) is 0 Å². The molecule has 3 N–H and O–H groups in total. The number of halogens is 2. The van der Waals surface area contributed by atoms with E-state index in [0.717, 1.165) is 12.1 Å². The van der Waals surface area contributed by atoms with Gasteiger partial charge in [0, 0.05) is 6.54 Å². The van der Waals surface area contributed by atoms with Gasteiger partial charge in [0.05, 0.1) is 5.41 Å². The Morgan fingerprint density at radius 2 is 2.06 bits per heavy atom. The molecule has 0 aliphatic carbocycles. The van der Waals surface area contributed by atoms with Gasteiger partial charge in [-0.15, -0.1) is 0 Å². The summed E-state index contributed by atoms with van der Waals surface area (Å²) in [4.78, 5) is 11.0. The third kappa shape index (κ3) is 2.55. The molecular weight excluding hydrogens is 216 g/mol. The van der Waals surface area contributed by atoms with Gasteiger partial charge in [-0.05, 0) is 31.0 Å². The van der Waals surface area contributed by atoms with E-state index in [2.05, 4.69) is 0 Å². The molecule has 0 spiro atoms. The molecule has 0 aliphatic rings. The van der Waals surface area contributed by atoms with Crippen LogP contribution in [0.15, 0.2) is 18.2 Å². The summed E-state index contributed by atoms with van der Waals surface area (Å²) in [7, 11) is 0. The lowest BCUT2D eigenvalue weighted by Crippen LogP contribution is -2.37. The summed E-state index contributed by atoms with van der Waals surface area (Å²) in [5.74, 6) is -2.99. The first kappa shape index (κ1) is 12.6. The van der Waals surface area contributed by atoms with Crippen molar-refractivity contribution in [2.75, 3.05) is 6.54 Å². The lowest BCUT2D eigenvalue weighted by Gasteiger charge is -2.22. The Balaban J connectivity index is 2.95. The highest BCUT2D eigenvalue weighted by molar-refractivity contribution is 5.74. The molecule has 0 saturated heterocycles. The Morgan fingerprint density at radius 3 is 2.50 bits per heavy atom. The zero-order valence-corrected chi connectivity index (χ0v) is 8.84. The number of benzene rings is 1. The zero-order valence-electron chi connectivity index (χ0n) is 8.84. The van der Waals surface area contributed by atoms with Gasteiger partial charge in [-0.2, -0.15) is 0 Å². The monoisotopic (exact) mass is 229 g/mol. The number of carbonyl (C=O) groups is 1. The van der Waals surface area contributed by atoms with Gasteiger partial charge in [-0.1, -0.05) is 6.07 Å². The molecule has 1 unspecified atom stereocenters. The molecule has 0 fully saturated rings. The molecule has 0 radical (unpaired) electrons. The van der Waals surface area contributed by atoms with Gasteiger partial charge in [0.15, 0.2) is 11.6 Å². The van der Waals surface area contributed by atoms with Crippen LogP contribution in [0.5, 0.6) is 0 Å². The van der Waals surface area contributed by atoms with Gasteiger partial charge in [0.1, 0.15) is 0 Å². The highest BCUT2D eigenvalue weighted by Crippen LogP contribution is 2.22. The van der Waals surface area contributed by atoms with E-state index in [1.165, 1.54) is 13.0 Å². The number of hydrogen-bond acceptors (Lipinski definition) is 2. The topological polar surface area (TPSA) is 63.3 Å². The van der Waals surface area contributed by atoms with Gasteiger partial charge in [0.2, 0.25) is 0 Å². The SMILES string of the molecule is CC(CN)(Cc1ccc(F)c(F)c1)C(=O)O. The van der Waals surface area contributed by atoms with Crippen LogP contribution in [0.3, 0.4) is 0 Å². The van der Waals surface area contributed by atoms with Crippen molar-refractivity contribution in [2.45, 2.75) is 13.3 Å². The highest BCUT2D eigenvalue weighted by Gasteiger charge is 2.31. The maximum atomic E-state index is 12.9. The summed E-state index contributed by atoms with van der Waals surface area (Å²) in [6.07, 6.45) is 0.0655. The van der Waals surface area contributed by atoms with E-state index < -0.39 is 23.0 Å². The number of carboxylic acids is 1. The molecule has 1 aromatic carbocycles. The quantitative estimate of drug-likeness (QED) is 0.823. The van der Waals surface area contributed by atoms with E-state index in [1.807, 2.05) is 0 Å². The lowest BCUT2D eigenvalue weighted by atomic mass is 9.84. The van der Waals surface area contributed by atoms with Crippen LogP contribution in [-0.2, 0) is 11.2 Å². The van der Waals surface area contributed by atoms with Crippen LogP contribution in [0, 0.1) is 17.0 Å². The summed E-state index contributed by atoms with van der Waals surface area (Å²) in [5, 5.41) is 8.97. The minimum absolute atomic E-state index is 0.0655. The summed E-state index contributed by atoms with van der Waals surface area (Å²) in [6, 6.07) is 3.32. The fourth-order valence-corrected chi connectivity index (χ4v) is 1.34. The molecule has 3 nitrogen and oxygen atoms in total. The summed E-state index contributed by atoms with van der Waals surface area (Å²) in [6.45, 7) is 1.40. The van der Waals surface area contributed by atoms with Crippen molar-refractivity contribution >= 4 is 5.97 Å². The van der Waals surface area contributed by atoms with Gasteiger partial charge in [-0.25, -0.2) is 8.78 Å². The normalized spacial score (nSPS) is 14.5. The first-order valence-electron chi connectivity index (χ1n) is 4.76. The molecule has 0 aliphatic heterocycles. The minimum Gasteiger partial charge on any atom is -0.481 e. The van der Waals surface area contributed by atoms with Gasteiger partial charge in [-0.3, -0.25) is 4.79 Å². The second-order valence-corrected chi connectivity index (χ2v) is 4.00. The molecule has 1 atom stereocenters. The number of nitrogens with two attached hydrogens (primary N) is 1. The van der Waals surface area contributed by atoms with Crippen molar-refractivity contribution < 1.29 is 18.7 Å². The Bertz CT molecular complexity index is 409. The van der Waals surface area contributed by atoms with E-state index >= 15 is 0 Å². The van der Waals surface area contributed by atoms with E-state index in [-0.39, 0.29) is 13.0 Å². The molecule has 0 aromatic heterocycles. The smallest absolute Gasteiger partial charge is 0.310 e. The van der Waals surface area contributed by atoms with Crippen molar-refractivity contribution in [3.8, 4) is 0 Å². The number of rotatable bonds is 4. The van der Waals surface area contributed by atoms with Crippen LogP contribution >= 0.6 is 0 Å². The van der Waals surface area contributed by atoms with Gasteiger partial charge < -0.3 is 10.8 Å². The van der Waals surface area contributed by atoms with Gasteiger partial charge >= 0.3 is 5.97 Å². The Labute approximate surface area is 91.9 Å². The van der Waals surface area contributed by atoms with Crippen LogP contribution in [0.4, 0.5) is 8.78 Å². The molecule has 1 aromatic rings. The lowest BCUT2D eigenvalue weighted by molar-refractivity contribution is -0.147. The maximum Gasteiger partial charge on any atom is 0.310 e. The molecule has 1 rings (SSSR count). The fraction of sp³-hybridized carbons (Fsp3) is 0.364. The molecule has 88 valence electrons. The predicted molar refractivity (Wildman–Crippen MR) is 54.9 cm³/mol. The van der Waals surface area contributed by atoms with Crippen LogP contribution in [0.25, 0.3) is 0 Å². The number of carboxylic acid groups (broad SMARTS) is 1. The molecule has 0 bridgehead atoms. The number of hydrogen-bond donors (Lipinski definition) is 2.